The summed E-state index contributed by atoms with van der Waals surface area (Å²) in [7, 11) is 3.32. The van der Waals surface area contributed by atoms with Gasteiger partial charge in [-0.05, 0) is 71.7 Å². The minimum Gasteiger partial charge on any atom is -0.497 e. The van der Waals surface area contributed by atoms with Crippen molar-refractivity contribution >= 4 is 22.4 Å². The second kappa shape index (κ2) is 9.02. The van der Waals surface area contributed by atoms with Gasteiger partial charge in [-0.1, -0.05) is 30.3 Å². The van der Waals surface area contributed by atoms with E-state index < -0.39 is 5.97 Å². The average molecular weight is 428 g/mol. The third-order valence-electron chi connectivity index (χ3n) is 5.66. The fraction of sp³-hybridized carbons (Fsp3) is 0.148. The van der Waals surface area contributed by atoms with Gasteiger partial charge in [0.05, 0.1) is 20.3 Å². The highest BCUT2D eigenvalue weighted by atomic mass is 16.5. The number of methoxy groups -OCH3 is 2. The lowest BCUT2D eigenvalue weighted by Crippen LogP contribution is -2.11. The molecule has 5 nitrogen and oxygen atoms in total. The second-order valence-electron chi connectivity index (χ2n) is 7.61. The Labute approximate surface area is 187 Å². The second-order valence-corrected chi connectivity index (χ2v) is 7.61. The van der Waals surface area contributed by atoms with E-state index in [-0.39, 0.29) is 6.04 Å². The van der Waals surface area contributed by atoms with Crippen LogP contribution >= 0.6 is 0 Å². The molecule has 0 fully saturated rings. The van der Waals surface area contributed by atoms with Gasteiger partial charge in [-0.15, -0.1) is 0 Å². The van der Waals surface area contributed by atoms with Crippen molar-refractivity contribution in [1.29, 1.82) is 0 Å². The van der Waals surface area contributed by atoms with Gasteiger partial charge < -0.3 is 19.1 Å². The van der Waals surface area contributed by atoms with Crippen molar-refractivity contribution < 1.29 is 19.4 Å². The number of aromatic nitrogens is 1. The van der Waals surface area contributed by atoms with E-state index in [0.29, 0.717) is 5.57 Å². The van der Waals surface area contributed by atoms with E-state index in [2.05, 4.69) is 41.1 Å². The molecule has 3 aromatic carbocycles. The van der Waals surface area contributed by atoms with Gasteiger partial charge in [-0.2, -0.15) is 0 Å². The van der Waals surface area contributed by atoms with Gasteiger partial charge in [0.15, 0.2) is 0 Å². The summed E-state index contributed by atoms with van der Waals surface area (Å²) in [4.78, 5) is 11.0. The van der Waals surface area contributed by atoms with Crippen LogP contribution in [-0.4, -0.2) is 29.9 Å². The SMILES string of the molecule is COc1ccc(C(c2ccc(OC)cc2)n2ccc3cc(C(C)=CC(=O)O)ccc32)cc1. The van der Waals surface area contributed by atoms with Crippen molar-refractivity contribution in [3.63, 3.8) is 0 Å². The summed E-state index contributed by atoms with van der Waals surface area (Å²) in [5, 5.41) is 10.1. The third kappa shape index (κ3) is 4.23. The standard InChI is InChI=1S/C27H25NO4/c1-18(16-26(29)30)21-8-13-25-22(17-21)14-15-28(25)27(19-4-9-23(31-2)10-5-19)20-6-11-24(32-3)12-7-20/h4-17,27H,1-3H3,(H,29,30). The molecule has 0 radical (unpaired) electrons. The van der Waals surface area contributed by atoms with Crippen LogP contribution < -0.4 is 9.47 Å². The average Bonchev–Trinajstić information content (AvgIpc) is 3.22. The third-order valence-corrected chi connectivity index (χ3v) is 5.66. The predicted molar refractivity (Wildman–Crippen MR) is 126 cm³/mol. The number of hydrogen-bond acceptors (Lipinski definition) is 3. The summed E-state index contributed by atoms with van der Waals surface area (Å²) in [5.74, 6) is 0.675. The zero-order valence-corrected chi connectivity index (χ0v) is 18.3. The van der Waals surface area contributed by atoms with E-state index in [1.165, 1.54) is 6.08 Å². The molecule has 0 aliphatic carbocycles. The molecule has 4 aromatic rings. The minimum atomic E-state index is -0.945. The van der Waals surface area contributed by atoms with Gasteiger partial charge in [0, 0.05) is 23.2 Å². The first-order chi connectivity index (χ1) is 15.5. The van der Waals surface area contributed by atoms with E-state index in [4.69, 9.17) is 14.6 Å². The maximum absolute atomic E-state index is 11.0. The number of carbonyl (C=O) groups is 1. The molecule has 0 spiro atoms. The van der Waals surface area contributed by atoms with Crippen molar-refractivity contribution in [2.24, 2.45) is 0 Å². The first-order valence-corrected chi connectivity index (χ1v) is 10.3. The van der Waals surface area contributed by atoms with Crippen LogP contribution in [0.4, 0.5) is 0 Å². The smallest absolute Gasteiger partial charge is 0.328 e. The Morgan fingerprint density at radius 1 is 0.875 bits per heavy atom. The lowest BCUT2D eigenvalue weighted by atomic mass is 9.97. The fourth-order valence-corrected chi connectivity index (χ4v) is 3.99. The normalized spacial score (nSPS) is 11.7. The Bertz CT molecular complexity index is 1220. The van der Waals surface area contributed by atoms with Crippen LogP contribution in [0.25, 0.3) is 16.5 Å². The number of fused-ring (bicyclic) bond motifs is 1. The zero-order valence-electron chi connectivity index (χ0n) is 18.3. The molecule has 0 unspecified atom stereocenters. The van der Waals surface area contributed by atoms with E-state index in [1.807, 2.05) is 49.4 Å². The first kappa shape index (κ1) is 21.2. The molecule has 0 saturated carbocycles. The lowest BCUT2D eigenvalue weighted by Gasteiger charge is -2.22. The molecule has 0 aliphatic heterocycles. The van der Waals surface area contributed by atoms with Crippen molar-refractivity contribution in [3.8, 4) is 11.5 Å². The molecule has 4 rings (SSSR count). The number of carboxylic acid groups (broad SMARTS) is 1. The van der Waals surface area contributed by atoms with Crippen LogP contribution in [0.15, 0.2) is 85.1 Å². The number of hydrogen-bond donors (Lipinski definition) is 1. The Balaban J connectivity index is 1.83. The molecule has 5 heteroatoms. The van der Waals surface area contributed by atoms with Gasteiger partial charge >= 0.3 is 5.97 Å². The van der Waals surface area contributed by atoms with E-state index in [1.54, 1.807) is 14.2 Å². The molecule has 32 heavy (non-hydrogen) atoms. The van der Waals surface area contributed by atoms with Crippen molar-refractivity contribution in [2.45, 2.75) is 13.0 Å². The van der Waals surface area contributed by atoms with Gasteiger partial charge in [0.1, 0.15) is 11.5 Å². The van der Waals surface area contributed by atoms with Crippen molar-refractivity contribution in [1.82, 2.24) is 4.57 Å². The highest BCUT2D eigenvalue weighted by Crippen LogP contribution is 2.33. The largest absolute Gasteiger partial charge is 0.497 e. The van der Waals surface area contributed by atoms with Gasteiger partial charge in [0.2, 0.25) is 0 Å². The van der Waals surface area contributed by atoms with Crippen LogP contribution in [-0.2, 0) is 4.79 Å². The van der Waals surface area contributed by atoms with Gasteiger partial charge in [-0.25, -0.2) is 4.79 Å². The van der Waals surface area contributed by atoms with Crippen molar-refractivity contribution in [3.05, 3.63) is 102 Å². The van der Waals surface area contributed by atoms with Crippen LogP contribution in [0.3, 0.4) is 0 Å². The maximum Gasteiger partial charge on any atom is 0.328 e. The Hall–Kier alpha value is -3.99. The topological polar surface area (TPSA) is 60.7 Å². The number of ether oxygens (including phenoxy) is 2. The van der Waals surface area contributed by atoms with E-state index in [0.717, 1.165) is 39.1 Å². The highest BCUT2D eigenvalue weighted by Gasteiger charge is 2.19. The van der Waals surface area contributed by atoms with Gasteiger partial charge in [-0.3, -0.25) is 0 Å². The monoisotopic (exact) mass is 427 g/mol. The number of nitrogens with zero attached hydrogens (tertiary/aromatic N) is 1. The summed E-state index contributed by atoms with van der Waals surface area (Å²) in [6.45, 7) is 1.81. The summed E-state index contributed by atoms with van der Waals surface area (Å²) in [6, 6.07) is 24.2. The molecule has 1 heterocycles. The molecule has 1 N–H and O–H groups in total. The Morgan fingerprint density at radius 2 is 1.44 bits per heavy atom. The first-order valence-electron chi connectivity index (χ1n) is 10.3. The molecule has 0 amide bonds. The number of aliphatic carboxylic acids is 1. The molecule has 0 bridgehead atoms. The fourth-order valence-electron chi connectivity index (χ4n) is 3.99. The minimum absolute atomic E-state index is 0.0502. The Kier molecular flexibility index (Phi) is 5.99. The summed E-state index contributed by atoms with van der Waals surface area (Å²) in [5.41, 5.74) is 4.92. The van der Waals surface area contributed by atoms with Gasteiger partial charge in [0.25, 0.3) is 0 Å². The molecule has 0 saturated heterocycles. The lowest BCUT2D eigenvalue weighted by molar-refractivity contribution is -0.131. The summed E-state index contributed by atoms with van der Waals surface area (Å²) in [6.07, 6.45) is 3.31. The zero-order chi connectivity index (χ0) is 22.7. The van der Waals surface area contributed by atoms with Crippen LogP contribution in [0.2, 0.25) is 0 Å². The molecule has 1 aromatic heterocycles. The molecular weight excluding hydrogens is 402 g/mol. The summed E-state index contributed by atoms with van der Waals surface area (Å²) >= 11 is 0. The van der Waals surface area contributed by atoms with Crippen LogP contribution in [0.5, 0.6) is 11.5 Å². The summed E-state index contributed by atoms with van der Waals surface area (Å²) < 4.78 is 12.9. The number of benzene rings is 3. The van der Waals surface area contributed by atoms with Crippen LogP contribution in [0.1, 0.15) is 29.7 Å². The maximum atomic E-state index is 11.0. The van der Waals surface area contributed by atoms with Crippen LogP contribution in [0, 0.1) is 0 Å². The quantitative estimate of drug-likeness (QED) is 0.380. The molecule has 0 atom stereocenters. The van der Waals surface area contributed by atoms with E-state index in [9.17, 15) is 4.79 Å². The highest BCUT2D eigenvalue weighted by molar-refractivity contribution is 5.92. The molecule has 162 valence electrons. The molecular formula is C27H25NO4. The number of rotatable bonds is 7. The number of carboxylic acids is 1. The molecule has 0 aliphatic rings. The van der Waals surface area contributed by atoms with E-state index >= 15 is 0 Å². The number of allylic oxidation sites excluding steroid dienone is 1. The van der Waals surface area contributed by atoms with Crippen molar-refractivity contribution in [2.75, 3.05) is 14.2 Å². The predicted octanol–water partition coefficient (Wildman–Crippen LogP) is 5.78. The Morgan fingerprint density at radius 3 is 1.94 bits per heavy atom.